The molecule has 2 unspecified atom stereocenters. The van der Waals surface area contributed by atoms with E-state index in [9.17, 15) is 0 Å². The molecule has 0 saturated heterocycles. The summed E-state index contributed by atoms with van der Waals surface area (Å²) in [5.74, 6) is 0. The quantitative estimate of drug-likeness (QED) is 0.519. The van der Waals surface area contributed by atoms with Crippen LogP contribution in [0.2, 0.25) is 0 Å². The summed E-state index contributed by atoms with van der Waals surface area (Å²) in [6, 6.07) is 10.9. The molecule has 1 aromatic carbocycles. The first kappa shape index (κ1) is 20.1. The summed E-state index contributed by atoms with van der Waals surface area (Å²) in [4.78, 5) is 2.66. The SMILES string of the molecule is CCC(P)(CC)CN(Cc1ccccc1)CC(P)(CC)CC. The summed E-state index contributed by atoms with van der Waals surface area (Å²) >= 11 is 0. The number of rotatable bonds is 10. The zero-order chi connectivity index (χ0) is 16.6. The minimum atomic E-state index is 0.335. The van der Waals surface area contributed by atoms with E-state index in [1.165, 1.54) is 31.2 Å². The minimum absolute atomic E-state index is 0.335. The van der Waals surface area contributed by atoms with Crippen LogP contribution in [0.5, 0.6) is 0 Å². The third-order valence-corrected chi connectivity index (χ3v) is 7.14. The molecule has 3 heteroatoms. The maximum absolute atomic E-state index is 3.13. The van der Waals surface area contributed by atoms with Crippen molar-refractivity contribution >= 4 is 18.5 Å². The summed E-state index contributed by atoms with van der Waals surface area (Å²) in [6.45, 7) is 12.6. The minimum Gasteiger partial charge on any atom is -0.297 e. The first-order valence-electron chi connectivity index (χ1n) is 8.74. The van der Waals surface area contributed by atoms with Gasteiger partial charge in [-0.25, -0.2) is 0 Å². The second-order valence-electron chi connectivity index (χ2n) is 6.77. The number of benzene rings is 1. The molecule has 0 fully saturated rings. The fraction of sp³-hybridized carbons (Fsp3) is 0.684. The highest BCUT2D eigenvalue weighted by Crippen LogP contribution is 2.32. The molecule has 126 valence electrons. The summed E-state index contributed by atoms with van der Waals surface area (Å²) in [5, 5.41) is 0.670. The van der Waals surface area contributed by atoms with Crippen molar-refractivity contribution in [2.45, 2.75) is 70.2 Å². The van der Waals surface area contributed by atoms with E-state index in [-0.39, 0.29) is 0 Å². The smallest absolute Gasteiger partial charge is 0.0234 e. The number of hydrogen-bond donors (Lipinski definition) is 0. The van der Waals surface area contributed by atoms with Gasteiger partial charge >= 0.3 is 0 Å². The third kappa shape index (κ3) is 6.27. The van der Waals surface area contributed by atoms with E-state index < -0.39 is 0 Å². The summed E-state index contributed by atoms with van der Waals surface area (Å²) < 4.78 is 0. The summed E-state index contributed by atoms with van der Waals surface area (Å²) in [7, 11) is 6.26. The van der Waals surface area contributed by atoms with Crippen LogP contribution in [0, 0.1) is 0 Å². The van der Waals surface area contributed by atoms with Gasteiger partial charge in [-0.3, -0.25) is 4.90 Å². The lowest BCUT2D eigenvalue weighted by molar-refractivity contribution is 0.204. The predicted molar refractivity (Wildman–Crippen MR) is 108 cm³/mol. The molecule has 0 bridgehead atoms. The van der Waals surface area contributed by atoms with E-state index in [1.807, 2.05) is 0 Å². The first-order valence-corrected chi connectivity index (χ1v) is 9.89. The fourth-order valence-corrected chi connectivity index (χ4v) is 3.36. The highest BCUT2D eigenvalue weighted by Gasteiger charge is 2.29. The Hall–Kier alpha value is 0.0400. The first-order chi connectivity index (χ1) is 10.4. The van der Waals surface area contributed by atoms with Gasteiger partial charge in [0, 0.05) is 19.6 Å². The van der Waals surface area contributed by atoms with Crippen molar-refractivity contribution in [2.75, 3.05) is 13.1 Å². The van der Waals surface area contributed by atoms with Gasteiger partial charge in [0.1, 0.15) is 0 Å². The molecule has 0 aliphatic rings. The molecule has 0 saturated carbocycles. The van der Waals surface area contributed by atoms with E-state index >= 15 is 0 Å². The van der Waals surface area contributed by atoms with Crippen molar-refractivity contribution in [3.05, 3.63) is 35.9 Å². The Balaban J connectivity index is 2.89. The second kappa shape index (κ2) is 9.36. The Morgan fingerprint density at radius 2 is 1.18 bits per heavy atom. The largest absolute Gasteiger partial charge is 0.297 e. The van der Waals surface area contributed by atoms with E-state index in [4.69, 9.17) is 0 Å². The molecule has 0 aliphatic carbocycles. The van der Waals surface area contributed by atoms with Crippen molar-refractivity contribution in [1.29, 1.82) is 0 Å². The summed E-state index contributed by atoms with van der Waals surface area (Å²) in [6.07, 6.45) is 4.84. The standard InChI is InChI=1S/C19H35NP2/c1-5-18(21,6-2)15-20(16-19(22,7-3)8-4)14-17-12-10-9-11-13-17/h9-13H,5-8,14-16,21-22H2,1-4H3. The molecule has 22 heavy (non-hydrogen) atoms. The Labute approximate surface area is 143 Å². The molecule has 2 atom stereocenters. The zero-order valence-corrected chi connectivity index (χ0v) is 17.2. The lowest BCUT2D eigenvalue weighted by Gasteiger charge is -2.39. The van der Waals surface area contributed by atoms with E-state index in [1.54, 1.807) is 0 Å². The molecule has 0 heterocycles. The molecule has 0 N–H and O–H groups in total. The monoisotopic (exact) mass is 339 g/mol. The predicted octanol–water partition coefficient (Wildman–Crippen LogP) is 5.36. The van der Waals surface area contributed by atoms with Gasteiger partial charge < -0.3 is 0 Å². The van der Waals surface area contributed by atoms with Crippen LogP contribution in [0.4, 0.5) is 0 Å². The van der Waals surface area contributed by atoms with Crippen LogP contribution < -0.4 is 0 Å². The van der Waals surface area contributed by atoms with Crippen molar-refractivity contribution in [3.8, 4) is 0 Å². The van der Waals surface area contributed by atoms with Crippen LogP contribution in [0.3, 0.4) is 0 Å². The Morgan fingerprint density at radius 1 is 0.773 bits per heavy atom. The zero-order valence-electron chi connectivity index (χ0n) is 14.9. The fourth-order valence-electron chi connectivity index (χ4n) is 2.85. The van der Waals surface area contributed by atoms with Crippen molar-refractivity contribution in [2.24, 2.45) is 0 Å². The van der Waals surface area contributed by atoms with Crippen molar-refractivity contribution < 1.29 is 0 Å². The van der Waals surface area contributed by atoms with Gasteiger partial charge in [0.2, 0.25) is 0 Å². The molecule has 1 nitrogen and oxygen atoms in total. The van der Waals surface area contributed by atoms with Crippen LogP contribution in [-0.2, 0) is 6.54 Å². The maximum atomic E-state index is 3.13. The van der Waals surface area contributed by atoms with Crippen molar-refractivity contribution in [1.82, 2.24) is 4.90 Å². The third-order valence-electron chi connectivity index (χ3n) is 5.14. The van der Waals surface area contributed by atoms with Crippen LogP contribution >= 0.6 is 18.5 Å². The highest BCUT2D eigenvalue weighted by molar-refractivity contribution is 7.19. The molecule has 0 aromatic heterocycles. The van der Waals surface area contributed by atoms with Crippen LogP contribution in [0.25, 0.3) is 0 Å². The van der Waals surface area contributed by atoms with Gasteiger partial charge in [0.15, 0.2) is 0 Å². The second-order valence-corrected chi connectivity index (χ2v) is 9.22. The lowest BCUT2D eigenvalue weighted by atomic mass is 9.97. The van der Waals surface area contributed by atoms with E-state index in [0.717, 1.165) is 19.6 Å². The molecular weight excluding hydrogens is 304 g/mol. The molecule has 0 aliphatic heterocycles. The Bertz CT molecular complexity index is 391. The van der Waals surface area contributed by atoms with Gasteiger partial charge in [-0.1, -0.05) is 58.0 Å². The topological polar surface area (TPSA) is 3.24 Å². The highest BCUT2D eigenvalue weighted by atomic mass is 31.0. The number of hydrogen-bond acceptors (Lipinski definition) is 1. The lowest BCUT2D eigenvalue weighted by Crippen LogP contribution is -2.44. The van der Waals surface area contributed by atoms with Crippen LogP contribution in [0.15, 0.2) is 30.3 Å². The van der Waals surface area contributed by atoms with Gasteiger partial charge in [-0.05, 0) is 41.6 Å². The average molecular weight is 339 g/mol. The van der Waals surface area contributed by atoms with E-state index in [0.29, 0.717) is 10.3 Å². The van der Waals surface area contributed by atoms with Crippen LogP contribution in [-0.4, -0.2) is 28.3 Å². The molecule has 0 radical (unpaired) electrons. The summed E-state index contributed by atoms with van der Waals surface area (Å²) in [5.41, 5.74) is 1.42. The van der Waals surface area contributed by atoms with Gasteiger partial charge in [-0.2, -0.15) is 0 Å². The van der Waals surface area contributed by atoms with Crippen LogP contribution in [0.1, 0.15) is 58.9 Å². The maximum Gasteiger partial charge on any atom is 0.0234 e. The molecule has 1 aromatic rings. The van der Waals surface area contributed by atoms with Crippen molar-refractivity contribution in [3.63, 3.8) is 0 Å². The molecule has 1 rings (SSSR count). The number of nitrogens with zero attached hydrogens (tertiary/aromatic N) is 1. The average Bonchev–Trinajstić information content (AvgIpc) is 2.55. The molecule has 0 amide bonds. The normalized spacial score (nSPS) is 12.9. The van der Waals surface area contributed by atoms with Gasteiger partial charge in [-0.15, -0.1) is 18.5 Å². The van der Waals surface area contributed by atoms with Gasteiger partial charge in [0.25, 0.3) is 0 Å². The Morgan fingerprint density at radius 3 is 1.55 bits per heavy atom. The Kier molecular flexibility index (Phi) is 8.55. The van der Waals surface area contributed by atoms with E-state index in [2.05, 4.69) is 81.4 Å². The molecule has 0 spiro atoms. The van der Waals surface area contributed by atoms with Gasteiger partial charge in [0.05, 0.1) is 0 Å². The molecular formula is C19H35NP2.